The Morgan fingerprint density at radius 2 is 1.83 bits per heavy atom. The van der Waals surface area contributed by atoms with Gasteiger partial charge in [0.05, 0.1) is 0 Å². The van der Waals surface area contributed by atoms with Gasteiger partial charge in [-0.1, -0.05) is 25.5 Å². The summed E-state index contributed by atoms with van der Waals surface area (Å²) in [6, 6.07) is 8.41. The van der Waals surface area contributed by atoms with Crippen molar-refractivity contribution in [2.24, 2.45) is 0 Å². The van der Waals surface area contributed by atoms with Crippen molar-refractivity contribution in [1.29, 1.82) is 0 Å². The summed E-state index contributed by atoms with van der Waals surface area (Å²) in [7, 11) is 0. The standard InChI is InChI=1S/C14H21N3S/c1-2-12-6-8-13(9-7-12)15-14(18)16-17-10-4-3-5-11-17/h6-9H,2-5,10-11H2,1H3,(H2,15,16,18). The van der Waals surface area contributed by atoms with Gasteiger partial charge in [-0.05, 0) is 49.2 Å². The van der Waals surface area contributed by atoms with Crippen molar-refractivity contribution in [2.45, 2.75) is 32.6 Å². The van der Waals surface area contributed by atoms with E-state index in [1.165, 1.54) is 24.8 Å². The molecular formula is C14H21N3S. The fourth-order valence-electron chi connectivity index (χ4n) is 2.13. The molecule has 0 bridgehead atoms. The van der Waals surface area contributed by atoms with E-state index in [-0.39, 0.29) is 0 Å². The minimum absolute atomic E-state index is 0.682. The lowest BCUT2D eigenvalue weighted by Crippen LogP contribution is -2.46. The van der Waals surface area contributed by atoms with Crippen molar-refractivity contribution < 1.29 is 0 Å². The molecule has 1 aliphatic heterocycles. The minimum Gasteiger partial charge on any atom is -0.332 e. The number of piperidine rings is 1. The Morgan fingerprint density at radius 1 is 1.17 bits per heavy atom. The molecule has 1 saturated heterocycles. The molecule has 2 rings (SSSR count). The summed E-state index contributed by atoms with van der Waals surface area (Å²) in [5.41, 5.74) is 5.64. The van der Waals surface area contributed by atoms with Gasteiger partial charge >= 0.3 is 0 Å². The molecule has 0 spiro atoms. The van der Waals surface area contributed by atoms with Crippen LogP contribution in [0.1, 0.15) is 31.7 Å². The van der Waals surface area contributed by atoms with Gasteiger partial charge in [0.25, 0.3) is 0 Å². The van der Waals surface area contributed by atoms with Crippen LogP contribution in [-0.2, 0) is 6.42 Å². The van der Waals surface area contributed by atoms with Gasteiger partial charge < -0.3 is 5.32 Å². The zero-order chi connectivity index (χ0) is 12.8. The van der Waals surface area contributed by atoms with E-state index in [1.807, 2.05) is 0 Å². The molecule has 0 saturated carbocycles. The zero-order valence-electron chi connectivity index (χ0n) is 10.9. The van der Waals surface area contributed by atoms with Crippen LogP contribution in [0.4, 0.5) is 5.69 Å². The number of thiocarbonyl (C=S) groups is 1. The van der Waals surface area contributed by atoms with Crippen molar-refractivity contribution in [2.75, 3.05) is 18.4 Å². The second-order valence-electron chi connectivity index (χ2n) is 4.66. The average Bonchev–Trinajstić information content (AvgIpc) is 2.40. The second kappa shape index (κ2) is 6.71. The van der Waals surface area contributed by atoms with Crippen molar-refractivity contribution >= 4 is 23.0 Å². The quantitative estimate of drug-likeness (QED) is 0.820. The maximum atomic E-state index is 5.31. The van der Waals surface area contributed by atoms with Gasteiger partial charge in [-0.2, -0.15) is 0 Å². The third-order valence-corrected chi connectivity index (χ3v) is 3.43. The molecule has 0 unspecified atom stereocenters. The number of benzene rings is 1. The maximum absolute atomic E-state index is 5.31. The smallest absolute Gasteiger partial charge is 0.185 e. The molecule has 0 radical (unpaired) electrons. The normalized spacial score (nSPS) is 16.3. The van der Waals surface area contributed by atoms with Crippen LogP contribution >= 0.6 is 12.2 Å². The number of hydrogen-bond acceptors (Lipinski definition) is 2. The van der Waals surface area contributed by atoms with Gasteiger partial charge in [-0.15, -0.1) is 0 Å². The summed E-state index contributed by atoms with van der Waals surface area (Å²) in [6.45, 7) is 4.32. The molecule has 2 N–H and O–H groups in total. The number of nitrogens with zero attached hydrogens (tertiary/aromatic N) is 1. The number of anilines is 1. The van der Waals surface area contributed by atoms with Crippen LogP contribution in [0, 0.1) is 0 Å². The largest absolute Gasteiger partial charge is 0.332 e. The Bertz CT molecular complexity index is 383. The Morgan fingerprint density at radius 3 is 2.44 bits per heavy atom. The topological polar surface area (TPSA) is 27.3 Å². The van der Waals surface area contributed by atoms with Crippen molar-refractivity contribution in [3.63, 3.8) is 0 Å². The van der Waals surface area contributed by atoms with Gasteiger partial charge in [0.15, 0.2) is 5.11 Å². The maximum Gasteiger partial charge on any atom is 0.185 e. The first-order valence-electron chi connectivity index (χ1n) is 6.69. The molecule has 0 amide bonds. The molecule has 98 valence electrons. The summed E-state index contributed by atoms with van der Waals surface area (Å²) < 4.78 is 0. The van der Waals surface area contributed by atoms with Gasteiger partial charge in [0, 0.05) is 18.8 Å². The Balaban J connectivity index is 1.82. The van der Waals surface area contributed by atoms with Crippen LogP contribution in [0.25, 0.3) is 0 Å². The first-order chi connectivity index (χ1) is 8.78. The molecule has 3 nitrogen and oxygen atoms in total. The van der Waals surface area contributed by atoms with E-state index >= 15 is 0 Å². The molecule has 0 atom stereocenters. The second-order valence-corrected chi connectivity index (χ2v) is 5.07. The van der Waals surface area contributed by atoms with Crippen LogP contribution in [0.3, 0.4) is 0 Å². The zero-order valence-corrected chi connectivity index (χ0v) is 11.7. The Labute approximate surface area is 115 Å². The lowest BCUT2D eigenvalue weighted by molar-refractivity contribution is 0.196. The summed E-state index contributed by atoms with van der Waals surface area (Å²) >= 11 is 5.31. The van der Waals surface area contributed by atoms with Gasteiger partial charge in [0.1, 0.15) is 0 Å². The molecule has 1 aliphatic rings. The van der Waals surface area contributed by atoms with Crippen LogP contribution < -0.4 is 10.7 Å². The van der Waals surface area contributed by atoms with E-state index in [0.717, 1.165) is 25.2 Å². The van der Waals surface area contributed by atoms with Crippen molar-refractivity contribution in [3.8, 4) is 0 Å². The molecule has 1 aromatic carbocycles. The SMILES string of the molecule is CCc1ccc(NC(=S)NN2CCCCC2)cc1. The van der Waals surface area contributed by atoms with E-state index in [1.54, 1.807) is 0 Å². The summed E-state index contributed by atoms with van der Waals surface area (Å²) in [5, 5.41) is 6.09. The van der Waals surface area contributed by atoms with E-state index in [2.05, 4.69) is 46.9 Å². The Hall–Kier alpha value is -1.13. The summed E-state index contributed by atoms with van der Waals surface area (Å²) in [4.78, 5) is 0. The average molecular weight is 263 g/mol. The summed E-state index contributed by atoms with van der Waals surface area (Å²) in [6.07, 6.45) is 4.90. The Kier molecular flexibility index (Phi) is 4.96. The first-order valence-corrected chi connectivity index (χ1v) is 7.10. The highest BCUT2D eigenvalue weighted by Gasteiger charge is 2.10. The highest BCUT2D eigenvalue weighted by atomic mass is 32.1. The van der Waals surface area contributed by atoms with Crippen LogP contribution in [-0.4, -0.2) is 23.2 Å². The van der Waals surface area contributed by atoms with Gasteiger partial charge in [-0.3, -0.25) is 5.43 Å². The highest BCUT2D eigenvalue weighted by molar-refractivity contribution is 7.80. The fraction of sp³-hybridized carbons (Fsp3) is 0.500. The molecule has 0 aliphatic carbocycles. The lowest BCUT2D eigenvalue weighted by atomic mass is 10.1. The lowest BCUT2D eigenvalue weighted by Gasteiger charge is -2.28. The number of rotatable bonds is 3. The number of hydrogen-bond donors (Lipinski definition) is 2. The van der Waals surface area contributed by atoms with Crippen LogP contribution in [0.5, 0.6) is 0 Å². The van der Waals surface area contributed by atoms with E-state index in [0.29, 0.717) is 5.11 Å². The molecule has 4 heteroatoms. The van der Waals surface area contributed by atoms with Crippen molar-refractivity contribution in [3.05, 3.63) is 29.8 Å². The minimum atomic E-state index is 0.682. The predicted molar refractivity (Wildman–Crippen MR) is 80.6 cm³/mol. The monoisotopic (exact) mass is 263 g/mol. The van der Waals surface area contributed by atoms with Crippen LogP contribution in [0.2, 0.25) is 0 Å². The van der Waals surface area contributed by atoms with Gasteiger partial charge in [0.2, 0.25) is 0 Å². The first kappa shape index (κ1) is 13.3. The number of aryl methyl sites for hydroxylation is 1. The van der Waals surface area contributed by atoms with Crippen molar-refractivity contribution in [1.82, 2.24) is 10.4 Å². The molecule has 1 heterocycles. The molecular weight excluding hydrogens is 242 g/mol. The van der Waals surface area contributed by atoms with E-state index in [4.69, 9.17) is 12.2 Å². The summed E-state index contributed by atoms with van der Waals surface area (Å²) in [5.74, 6) is 0. The number of hydrazine groups is 1. The highest BCUT2D eigenvalue weighted by Crippen LogP contribution is 2.10. The predicted octanol–water partition coefficient (Wildman–Crippen LogP) is 2.94. The number of nitrogens with one attached hydrogen (secondary N) is 2. The van der Waals surface area contributed by atoms with Gasteiger partial charge in [-0.25, -0.2) is 5.01 Å². The molecule has 1 aromatic rings. The van der Waals surface area contributed by atoms with E-state index in [9.17, 15) is 0 Å². The van der Waals surface area contributed by atoms with Crippen LogP contribution in [0.15, 0.2) is 24.3 Å². The third-order valence-electron chi connectivity index (χ3n) is 3.24. The van der Waals surface area contributed by atoms with E-state index < -0.39 is 0 Å². The fourth-order valence-corrected chi connectivity index (χ4v) is 2.38. The molecule has 1 fully saturated rings. The third kappa shape index (κ3) is 3.96. The molecule has 0 aromatic heterocycles. The molecule has 18 heavy (non-hydrogen) atoms.